The highest BCUT2D eigenvalue weighted by Gasteiger charge is 2.30. The lowest BCUT2D eigenvalue weighted by Gasteiger charge is -2.09. The largest absolute Gasteiger partial charge is 0.503 e. The number of phenolic OH excluding ortho intramolecular Hbond substituents is 1. The molecule has 0 aliphatic carbocycles. The molecule has 0 aliphatic rings. The number of carbonyl (C=O) groups excluding carboxylic acids is 1. The van der Waals surface area contributed by atoms with Crippen LogP contribution in [0.3, 0.4) is 0 Å². The number of methoxy groups -OCH3 is 1. The zero-order chi connectivity index (χ0) is 19.5. The molecule has 0 aromatic heterocycles. The van der Waals surface area contributed by atoms with Gasteiger partial charge in [-0.05, 0) is 56.1 Å². The zero-order valence-electron chi connectivity index (χ0n) is 13.1. The lowest BCUT2D eigenvalue weighted by molar-refractivity contribution is -0.137. The van der Waals surface area contributed by atoms with Gasteiger partial charge in [-0.25, -0.2) is 5.43 Å². The van der Waals surface area contributed by atoms with Crippen LogP contribution >= 0.6 is 31.9 Å². The van der Waals surface area contributed by atoms with Gasteiger partial charge in [0, 0.05) is 15.6 Å². The van der Waals surface area contributed by atoms with Crippen LogP contribution in [0.15, 0.2) is 44.4 Å². The number of hydrogen-bond acceptors (Lipinski definition) is 4. The Morgan fingerprint density at radius 1 is 1.27 bits per heavy atom. The summed E-state index contributed by atoms with van der Waals surface area (Å²) in [7, 11) is 1.37. The van der Waals surface area contributed by atoms with Gasteiger partial charge in [-0.3, -0.25) is 4.79 Å². The Labute approximate surface area is 163 Å². The Morgan fingerprint density at radius 3 is 2.58 bits per heavy atom. The zero-order valence-corrected chi connectivity index (χ0v) is 16.2. The van der Waals surface area contributed by atoms with Gasteiger partial charge >= 0.3 is 6.18 Å². The molecule has 0 bridgehead atoms. The van der Waals surface area contributed by atoms with E-state index in [9.17, 15) is 23.1 Å². The molecule has 138 valence electrons. The molecule has 0 heterocycles. The van der Waals surface area contributed by atoms with Crippen molar-refractivity contribution in [3.05, 3.63) is 56.0 Å². The van der Waals surface area contributed by atoms with E-state index in [1.165, 1.54) is 25.5 Å². The minimum absolute atomic E-state index is 0.121. The van der Waals surface area contributed by atoms with Crippen molar-refractivity contribution in [2.75, 3.05) is 7.11 Å². The first kappa shape index (κ1) is 20.2. The molecule has 0 atom stereocenters. The molecule has 2 N–H and O–H groups in total. The van der Waals surface area contributed by atoms with Crippen LogP contribution in [0.2, 0.25) is 0 Å². The van der Waals surface area contributed by atoms with E-state index in [1.807, 2.05) is 0 Å². The molecule has 1 amide bonds. The number of rotatable bonds is 4. The Bertz CT molecular complexity index is 871. The van der Waals surface area contributed by atoms with Gasteiger partial charge in [-0.15, -0.1) is 0 Å². The molecule has 10 heteroatoms. The number of ether oxygens (including phenoxy) is 1. The number of halogens is 5. The Hall–Kier alpha value is -2.07. The topological polar surface area (TPSA) is 70.9 Å². The van der Waals surface area contributed by atoms with Gasteiger partial charge in [0.05, 0.1) is 23.4 Å². The van der Waals surface area contributed by atoms with Crippen molar-refractivity contribution in [3.8, 4) is 11.5 Å². The number of phenols is 1. The third kappa shape index (κ3) is 4.55. The van der Waals surface area contributed by atoms with Gasteiger partial charge < -0.3 is 9.84 Å². The molecule has 0 unspecified atom stereocenters. The fourth-order valence-corrected chi connectivity index (χ4v) is 2.75. The maximum Gasteiger partial charge on any atom is 0.416 e. The minimum atomic E-state index is -4.54. The number of alkyl halides is 3. The van der Waals surface area contributed by atoms with Crippen LogP contribution in [-0.4, -0.2) is 24.3 Å². The first-order valence-electron chi connectivity index (χ1n) is 6.90. The van der Waals surface area contributed by atoms with E-state index in [0.717, 1.165) is 18.2 Å². The van der Waals surface area contributed by atoms with E-state index in [4.69, 9.17) is 4.74 Å². The second-order valence-corrected chi connectivity index (χ2v) is 6.51. The number of carbonyl (C=O) groups is 1. The predicted octanol–water partition coefficient (Wildman–Crippen LogP) is 4.71. The Balaban J connectivity index is 2.19. The van der Waals surface area contributed by atoms with E-state index < -0.39 is 17.6 Å². The number of hydrogen-bond donors (Lipinski definition) is 2. The second kappa shape index (κ2) is 8.09. The highest BCUT2D eigenvalue weighted by molar-refractivity contribution is 9.13. The summed E-state index contributed by atoms with van der Waals surface area (Å²) in [5, 5.41) is 13.6. The molecule has 0 spiro atoms. The van der Waals surface area contributed by atoms with Gasteiger partial charge in [-0.1, -0.05) is 6.07 Å². The third-order valence-electron chi connectivity index (χ3n) is 3.22. The fourth-order valence-electron chi connectivity index (χ4n) is 1.92. The molecule has 2 aromatic carbocycles. The van der Waals surface area contributed by atoms with Gasteiger partial charge in [0.25, 0.3) is 5.91 Å². The average Bonchev–Trinajstić information content (AvgIpc) is 2.61. The quantitative estimate of drug-likeness (QED) is 0.476. The summed E-state index contributed by atoms with van der Waals surface area (Å²) < 4.78 is 43.8. The summed E-state index contributed by atoms with van der Waals surface area (Å²) in [6.45, 7) is 0. The molecule has 0 radical (unpaired) electrons. The molecule has 0 saturated heterocycles. The number of nitrogens with zero attached hydrogens (tertiary/aromatic N) is 1. The summed E-state index contributed by atoms with van der Waals surface area (Å²) in [5.41, 5.74) is 1.50. The lowest BCUT2D eigenvalue weighted by atomic mass is 10.1. The van der Waals surface area contributed by atoms with E-state index in [0.29, 0.717) is 14.5 Å². The van der Waals surface area contributed by atoms with Crippen LogP contribution in [0.1, 0.15) is 21.5 Å². The van der Waals surface area contributed by atoms with Crippen molar-refractivity contribution in [1.29, 1.82) is 0 Å². The summed E-state index contributed by atoms with van der Waals surface area (Å²) in [6.07, 6.45) is -3.29. The molecule has 2 rings (SSSR count). The van der Waals surface area contributed by atoms with Crippen LogP contribution in [0.25, 0.3) is 0 Å². The molecular weight excluding hydrogens is 485 g/mol. The SMILES string of the molecule is COc1cc(/C=N\NC(=O)c2cccc(C(F)(F)F)c2)c(Br)c(Br)c1O. The monoisotopic (exact) mass is 494 g/mol. The highest BCUT2D eigenvalue weighted by atomic mass is 79.9. The van der Waals surface area contributed by atoms with Crippen LogP contribution in [-0.2, 0) is 6.18 Å². The predicted molar refractivity (Wildman–Crippen MR) is 96.6 cm³/mol. The maximum absolute atomic E-state index is 12.7. The summed E-state index contributed by atoms with van der Waals surface area (Å²) in [4.78, 5) is 12.0. The molecule has 5 nitrogen and oxygen atoms in total. The Kier molecular flexibility index (Phi) is 6.30. The van der Waals surface area contributed by atoms with Gasteiger partial charge in [0.1, 0.15) is 0 Å². The van der Waals surface area contributed by atoms with Crippen LogP contribution in [0.4, 0.5) is 13.2 Å². The standard InChI is InChI=1S/C16H11Br2F3N2O3/c1-26-11-6-9(12(17)13(18)14(11)24)7-22-23-15(25)8-3-2-4-10(5-8)16(19,20)21/h2-7,24H,1H3,(H,23,25)/b22-7-. The number of aromatic hydroxyl groups is 1. The molecule has 0 saturated carbocycles. The smallest absolute Gasteiger partial charge is 0.416 e. The van der Waals surface area contributed by atoms with Crippen LogP contribution in [0, 0.1) is 0 Å². The van der Waals surface area contributed by atoms with E-state index in [1.54, 1.807) is 0 Å². The van der Waals surface area contributed by atoms with Crippen molar-refractivity contribution >= 4 is 44.0 Å². The van der Waals surface area contributed by atoms with E-state index in [2.05, 4.69) is 42.4 Å². The average molecular weight is 496 g/mol. The van der Waals surface area contributed by atoms with Crippen molar-refractivity contribution in [2.45, 2.75) is 6.18 Å². The first-order chi connectivity index (χ1) is 12.1. The number of hydrazone groups is 1. The summed E-state index contributed by atoms with van der Waals surface area (Å²) in [6, 6.07) is 5.46. The first-order valence-corrected chi connectivity index (χ1v) is 8.49. The fraction of sp³-hybridized carbons (Fsp3) is 0.125. The van der Waals surface area contributed by atoms with Crippen molar-refractivity contribution in [2.24, 2.45) is 5.10 Å². The Morgan fingerprint density at radius 2 is 1.96 bits per heavy atom. The highest BCUT2D eigenvalue weighted by Crippen LogP contribution is 2.41. The van der Waals surface area contributed by atoms with Crippen molar-refractivity contribution in [1.82, 2.24) is 5.43 Å². The number of benzene rings is 2. The molecule has 2 aromatic rings. The van der Waals surface area contributed by atoms with E-state index >= 15 is 0 Å². The number of amides is 1. The molecule has 0 fully saturated rings. The van der Waals surface area contributed by atoms with Gasteiger partial charge in [-0.2, -0.15) is 18.3 Å². The molecular formula is C16H11Br2F3N2O3. The van der Waals surface area contributed by atoms with Crippen molar-refractivity contribution < 1.29 is 27.8 Å². The molecule has 26 heavy (non-hydrogen) atoms. The van der Waals surface area contributed by atoms with E-state index in [-0.39, 0.29) is 17.1 Å². The van der Waals surface area contributed by atoms with Gasteiger partial charge in [0.15, 0.2) is 11.5 Å². The third-order valence-corrected chi connectivity index (χ3v) is 5.37. The molecule has 0 aliphatic heterocycles. The summed E-state index contributed by atoms with van der Waals surface area (Å²) >= 11 is 6.42. The second-order valence-electron chi connectivity index (χ2n) is 4.92. The number of nitrogens with one attached hydrogen (secondary N) is 1. The van der Waals surface area contributed by atoms with Crippen LogP contribution in [0.5, 0.6) is 11.5 Å². The lowest BCUT2D eigenvalue weighted by Crippen LogP contribution is -2.18. The maximum atomic E-state index is 12.7. The minimum Gasteiger partial charge on any atom is -0.503 e. The normalized spacial score (nSPS) is 11.6. The summed E-state index contributed by atoms with van der Waals surface area (Å²) in [5.74, 6) is -0.747. The van der Waals surface area contributed by atoms with Gasteiger partial charge in [0.2, 0.25) is 0 Å². The van der Waals surface area contributed by atoms with Crippen LogP contribution < -0.4 is 10.2 Å². The van der Waals surface area contributed by atoms with Crippen molar-refractivity contribution in [3.63, 3.8) is 0 Å².